The third-order valence-electron chi connectivity index (χ3n) is 3.63. The number of carbonyl (C=O) groups is 1. The SMILES string of the molecule is Nc1ccc(F)c(NC(=O)CCOCCC2CCC2)c1. The lowest BCUT2D eigenvalue weighted by atomic mass is 9.83. The van der Waals surface area contributed by atoms with E-state index in [1.54, 1.807) is 0 Å². The average molecular weight is 280 g/mol. The van der Waals surface area contributed by atoms with Gasteiger partial charge in [-0.1, -0.05) is 19.3 Å². The zero-order valence-electron chi connectivity index (χ0n) is 11.5. The minimum absolute atomic E-state index is 0.115. The topological polar surface area (TPSA) is 64.3 Å². The Hall–Kier alpha value is -1.62. The summed E-state index contributed by atoms with van der Waals surface area (Å²) in [7, 11) is 0. The van der Waals surface area contributed by atoms with E-state index in [-0.39, 0.29) is 18.0 Å². The Kier molecular flexibility index (Phi) is 5.35. The van der Waals surface area contributed by atoms with Crippen LogP contribution in [-0.2, 0) is 9.53 Å². The molecule has 1 aromatic rings. The van der Waals surface area contributed by atoms with Crippen LogP contribution >= 0.6 is 0 Å². The van der Waals surface area contributed by atoms with Crippen molar-refractivity contribution in [3.05, 3.63) is 24.0 Å². The molecule has 0 atom stereocenters. The maximum atomic E-state index is 13.4. The van der Waals surface area contributed by atoms with Crippen molar-refractivity contribution in [3.63, 3.8) is 0 Å². The highest BCUT2D eigenvalue weighted by atomic mass is 19.1. The van der Waals surface area contributed by atoms with Crippen molar-refractivity contribution >= 4 is 17.3 Å². The van der Waals surface area contributed by atoms with Gasteiger partial charge in [-0.05, 0) is 30.5 Å². The minimum atomic E-state index is -0.488. The van der Waals surface area contributed by atoms with E-state index in [0.29, 0.717) is 18.9 Å². The van der Waals surface area contributed by atoms with Crippen LogP contribution < -0.4 is 11.1 Å². The van der Waals surface area contributed by atoms with Crippen molar-refractivity contribution < 1.29 is 13.9 Å². The molecule has 0 bridgehead atoms. The normalized spacial score (nSPS) is 14.8. The molecule has 20 heavy (non-hydrogen) atoms. The van der Waals surface area contributed by atoms with Crippen molar-refractivity contribution in [2.45, 2.75) is 32.1 Å². The molecule has 0 aliphatic heterocycles. The number of carbonyl (C=O) groups excluding carboxylic acids is 1. The number of ether oxygens (including phenoxy) is 1. The summed E-state index contributed by atoms with van der Waals surface area (Å²) in [6, 6.07) is 4.10. The van der Waals surface area contributed by atoms with E-state index in [0.717, 1.165) is 12.3 Å². The largest absolute Gasteiger partial charge is 0.399 e. The van der Waals surface area contributed by atoms with E-state index in [4.69, 9.17) is 10.5 Å². The number of hydrogen-bond donors (Lipinski definition) is 2. The summed E-state index contributed by atoms with van der Waals surface area (Å²) in [6.45, 7) is 1.06. The lowest BCUT2D eigenvalue weighted by molar-refractivity contribution is -0.117. The van der Waals surface area contributed by atoms with Crippen molar-refractivity contribution in [2.24, 2.45) is 5.92 Å². The number of amides is 1. The van der Waals surface area contributed by atoms with Gasteiger partial charge in [0.15, 0.2) is 0 Å². The zero-order valence-corrected chi connectivity index (χ0v) is 11.5. The molecule has 110 valence electrons. The van der Waals surface area contributed by atoms with Crippen LogP contribution in [0.5, 0.6) is 0 Å². The highest BCUT2D eigenvalue weighted by molar-refractivity contribution is 5.91. The molecule has 4 nitrogen and oxygen atoms in total. The first-order valence-electron chi connectivity index (χ1n) is 7.08. The molecular weight excluding hydrogens is 259 g/mol. The Balaban J connectivity index is 1.63. The molecule has 1 aliphatic carbocycles. The minimum Gasteiger partial charge on any atom is -0.399 e. The highest BCUT2D eigenvalue weighted by Gasteiger charge is 2.16. The molecule has 3 N–H and O–H groups in total. The van der Waals surface area contributed by atoms with Gasteiger partial charge in [0.05, 0.1) is 18.7 Å². The molecule has 5 heteroatoms. The third-order valence-corrected chi connectivity index (χ3v) is 3.63. The van der Waals surface area contributed by atoms with Gasteiger partial charge in [-0.25, -0.2) is 4.39 Å². The van der Waals surface area contributed by atoms with E-state index < -0.39 is 5.82 Å². The van der Waals surface area contributed by atoms with Crippen molar-refractivity contribution in [1.29, 1.82) is 0 Å². The summed E-state index contributed by atoms with van der Waals surface area (Å²) in [4.78, 5) is 11.6. The monoisotopic (exact) mass is 280 g/mol. The molecule has 1 aromatic carbocycles. The van der Waals surface area contributed by atoms with Gasteiger partial charge in [-0.15, -0.1) is 0 Å². The lowest BCUT2D eigenvalue weighted by Crippen LogP contribution is -2.17. The Bertz CT molecular complexity index is 461. The van der Waals surface area contributed by atoms with Crippen LogP contribution in [-0.4, -0.2) is 19.1 Å². The number of anilines is 2. The number of hydrogen-bond acceptors (Lipinski definition) is 3. The summed E-state index contributed by atoms with van der Waals surface area (Å²) < 4.78 is 18.8. The first kappa shape index (κ1) is 14.8. The molecule has 0 aromatic heterocycles. The average Bonchev–Trinajstić information content (AvgIpc) is 2.36. The number of rotatable bonds is 7. The van der Waals surface area contributed by atoms with Gasteiger partial charge in [0.1, 0.15) is 5.82 Å². The van der Waals surface area contributed by atoms with E-state index in [1.165, 1.54) is 37.5 Å². The molecule has 0 unspecified atom stereocenters. The van der Waals surface area contributed by atoms with Gasteiger partial charge < -0.3 is 15.8 Å². The van der Waals surface area contributed by atoms with Gasteiger partial charge in [0.25, 0.3) is 0 Å². The highest BCUT2D eigenvalue weighted by Crippen LogP contribution is 2.29. The van der Waals surface area contributed by atoms with E-state index >= 15 is 0 Å². The molecule has 0 heterocycles. The molecule has 1 fully saturated rings. The summed E-state index contributed by atoms with van der Waals surface area (Å²) >= 11 is 0. The zero-order chi connectivity index (χ0) is 14.4. The van der Waals surface area contributed by atoms with Gasteiger partial charge in [-0.3, -0.25) is 4.79 Å². The predicted octanol–water partition coefficient (Wildman–Crippen LogP) is 2.94. The number of nitrogen functional groups attached to an aromatic ring is 1. The molecule has 0 spiro atoms. The Morgan fingerprint density at radius 2 is 2.20 bits per heavy atom. The van der Waals surface area contributed by atoms with Crippen LogP contribution in [0.4, 0.5) is 15.8 Å². The molecule has 1 amide bonds. The maximum absolute atomic E-state index is 13.4. The number of nitrogens with two attached hydrogens (primary N) is 1. The quantitative estimate of drug-likeness (QED) is 0.596. The fraction of sp³-hybridized carbons (Fsp3) is 0.533. The Morgan fingerprint density at radius 1 is 1.40 bits per heavy atom. The predicted molar refractivity (Wildman–Crippen MR) is 76.8 cm³/mol. The number of nitrogens with one attached hydrogen (secondary N) is 1. The van der Waals surface area contributed by atoms with Gasteiger partial charge in [0.2, 0.25) is 5.91 Å². The molecular formula is C15H21FN2O2. The first-order valence-corrected chi connectivity index (χ1v) is 7.08. The summed E-state index contributed by atoms with van der Waals surface area (Å²) in [5.74, 6) is 0.0572. The van der Waals surface area contributed by atoms with Crippen molar-refractivity contribution in [1.82, 2.24) is 0 Å². The second-order valence-corrected chi connectivity index (χ2v) is 5.24. The summed E-state index contributed by atoms with van der Waals surface area (Å²) in [5, 5.41) is 2.50. The molecule has 0 radical (unpaired) electrons. The molecule has 1 aliphatic rings. The van der Waals surface area contributed by atoms with Gasteiger partial charge in [0, 0.05) is 12.3 Å². The van der Waals surface area contributed by atoms with E-state index in [2.05, 4.69) is 5.32 Å². The van der Waals surface area contributed by atoms with Crippen LogP contribution in [0.3, 0.4) is 0 Å². The number of halogens is 1. The van der Waals surface area contributed by atoms with Crippen LogP contribution in [0.1, 0.15) is 32.1 Å². The van der Waals surface area contributed by atoms with Gasteiger partial charge >= 0.3 is 0 Å². The number of benzene rings is 1. The summed E-state index contributed by atoms with van der Waals surface area (Å²) in [5.41, 5.74) is 6.08. The van der Waals surface area contributed by atoms with Gasteiger partial charge in [-0.2, -0.15) is 0 Å². The van der Waals surface area contributed by atoms with Crippen molar-refractivity contribution in [3.8, 4) is 0 Å². The Labute approximate surface area is 118 Å². The van der Waals surface area contributed by atoms with E-state index in [9.17, 15) is 9.18 Å². The maximum Gasteiger partial charge on any atom is 0.226 e. The van der Waals surface area contributed by atoms with Crippen LogP contribution in [0.2, 0.25) is 0 Å². The van der Waals surface area contributed by atoms with Crippen LogP contribution in [0.15, 0.2) is 18.2 Å². The van der Waals surface area contributed by atoms with Crippen LogP contribution in [0, 0.1) is 11.7 Å². The molecule has 1 saturated carbocycles. The second-order valence-electron chi connectivity index (χ2n) is 5.24. The fourth-order valence-corrected chi connectivity index (χ4v) is 2.15. The third kappa shape index (κ3) is 4.49. The molecule has 2 rings (SSSR count). The van der Waals surface area contributed by atoms with Crippen LogP contribution in [0.25, 0.3) is 0 Å². The van der Waals surface area contributed by atoms with Crippen molar-refractivity contribution in [2.75, 3.05) is 24.3 Å². The summed E-state index contributed by atoms with van der Waals surface area (Å²) in [6.07, 6.45) is 5.24. The molecule has 0 saturated heterocycles. The van der Waals surface area contributed by atoms with E-state index in [1.807, 2.05) is 0 Å². The first-order chi connectivity index (χ1) is 9.65. The fourth-order valence-electron chi connectivity index (χ4n) is 2.15. The lowest BCUT2D eigenvalue weighted by Gasteiger charge is -2.24. The smallest absolute Gasteiger partial charge is 0.226 e. The second kappa shape index (κ2) is 7.24. The Morgan fingerprint density at radius 3 is 2.90 bits per heavy atom. The standard InChI is InChI=1S/C15H21FN2O2/c16-13-5-4-12(17)10-14(13)18-15(19)7-9-20-8-6-11-2-1-3-11/h4-5,10-11H,1-3,6-9,17H2,(H,18,19).